The van der Waals surface area contributed by atoms with Crippen LogP contribution in [0.2, 0.25) is 5.02 Å². The summed E-state index contributed by atoms with van der Waals surface area (Å²) in [7, 11) is -2.02. The number of fused-ring (bicyclic) bond motifs is 3. The zero-order chi connectivity index (χ0) is 22.5. The van der Waals surface area contributed by atoms with Gasteiger partial charge in [-0.25, -0.2) is 0 Å². The number of benzene rings is 2. The van der Waals surface area contributed by atoms with Crippen LogP contribution in [0.15, 0.2) is 47.5 Å². The first-order chi connectivity index (χ1) is 15.4. The van der Waals surface area contributed by atoms with Crippen molar-refractivity contribution in [3.8, 4) is 11.4 Å². The van der Waals surface area contributed by atoms with Gasteiger partial charge in [-0.15, -0.1) is 10.2 Å². The van der Waals surface area contributed by atoms with Gasteiger partial charge in [0.05, 0.1) is 30.4 Å². The van der Waals surface area contributed by atoms with E-state index >= 15 is 0 Å². The van der Waals surface area contributed by atoms with Gasteiger partial charge in [0.1, 0.15) is 17.6 Å². The van der Waals surface area contributed by atoms with Gasteiger partial charge in [0.2, 0.25) is 0 Å². The number of aromatic nitrogens is 3. The minimum absolute atomic E-state index is 0.154. The topological polar surface area (TPSA) is 95.7 Å². The number of aliphatic imine (C=N–C) groups is 1. The molecule has 1 aromatic heterocycles. The molecule has 0 radical (unpaired) electrons. The molecule has 10 heteroatoms. The molecule has 3 aromatic rings. The molecule has 8 nitrogen and oxygen atoms in total. The number of rotatable bonds is 6. The first kappa shape index (κ1) is 21.1. The lowest BCUT2D eigenvalue weighted by Gasteiger charge is -2.14. The third kappa shape index (κ3) is 3.80. The van der Waals surface area contributed by atoms with Gasteiger partial charge in [0.25, 0.3) is 10.1 Å². The van der Waals surface area contributed by atoms with E-state index in [4.69, 9.17) is 25.5 Å². The van der Waals surface area contributed by atoms with Crippen LogP contribution in [0.1, 0.15) is 41.7 Å². The van der Waals surface area contributed by atoms with E-state index in [9.17, 15) is 8.42 Å². The lowest BCUT2D eigenvalue weighted by Crippen LogP contribution is -2.18. The first-order valence-electron chi connectivity index (χ1n) is 10.2. The van der Waals surface area contributed by atoms with Crippen LogP contribution in [0.5, 0.6) is 5.75 Å². The predicted molar refractivity (Wildman–Crippen MR) is 120 cm³/mol. The molecule has 2 aliphatic rings. The molecule has 0 N–H and O–H groups in total. The molecule has 0 spiro atoms. The second-order valence-electron chi connectivity index (χ2n) is 7.80. The maximum absolute atomic E-state index is 12.4. The Morgan fingerprint density at radius 1 is 1.12 bits per heavy atom. The minimum Gasteiger partial charge on any atom is -0.497 e. The third-order valence-electron chi connectivity index (χ3n) is 5.57. The summed E-state index contributed by atoms with van der Waals surface area (Å²) in [6, 6.07) is 12.3. The molecule has 2 aromatic carbocycles. The third-order valence-corrected chi connectivity index (χ3v) is 7.58. The van der Waals surface area contributed by atoms with Crippen LogP contribution in [0, 0.1) is 6.92 Å². The normalized spacial score (nSPS) is 17.8. The maximum atomic E-state index is 12.4. The summed E-state index contributed by atoms with van der Waals surface area (Å²) in [5.41, 5.74) is 3.13. The summed E-state index contributed by atoms with van der Waals surface area (Å²) in [5.74, 6) is 1.85. The lowest BCUT2D eigenvalue weighted by molar-refractivity contribution is 0.288. The molecule has 166 valence electrons. The van der Waals surface area contributed by atoms with Gasteiger partial charge in [-0.1, -0.05) is 23.7 Å². The Balaban J connectivity index is 1.68. The maximum Gasteiger partial charge on any atom is 0.270 e. The van der Waals surface area contributed by atoms with Crippen LogP contribution >= 0.6 is 11.6 Å². The van der Waals surface area contributed by atoms with E-state index in [-0.39, 0.29) is 6.61 Å². The van der Waals surface area contributed by atoms with Gasteiger partial charge in [0, 0.05) is 16.1 Å². The highest BCUT2D eigenvalue weighted by Gasteiger charge is 2.38. The Hall–Kier alpha value is -2.75. The summed E-state index contributed by atoms with van der Waals surface area (Å²) in [4.78, 5) is 4.93. The van der Waals surface area contributed by atoms with Gasteiger partial charge < -0.3 is 4.74 Å². The zero-order valence-electron chi connectivity index (χ0n) is 17.5. The van der Waals surface area contributed by atoms with E-state index in [1.54, 1.807) is 19.2 Å². The van der Waals surface area contributed by atoms with E-state index in [2.05, 4.69) is 10.2 Å². The SMILES string of the molecule is COc1ccc2c(c1)C(c1ccc(Cl)cc1)=NC(COS(=O)(=O)C1CC1)c1nnc(C)n1-2. The minimum atomic E-state index is -3.62. The van der Waals surface area contributed by atoms with Crippen molar-refractivity contribution in [2.45, 2.75) is 31.1 Å². The summed E-state index contributed by atoms with van der Waals surface area (Å²) < 4.78 is 37.5. The Bertz CT molecular complexity index is 1310. The number of hydrogen-bond acceptors (Lipinski definition) is 7. The van der Waals surface area contributed by atoms with Crippen LogP contribution < -0.4 is 4.74 Å². The highest BCUT2D eigenvalue weighted by atomic mass is 35.5. The van der Waals surface area contributed by atoms with Crippen LogP contribution in [0.4, 0.5) is 0 Å². The molecule has 2 heterocycles. The molecule has 1 unspecified atom stereocenters. The number of hydrogen-bond donors (Lipinski definition) is 0. The Morgan fingerprint density at radius 3 is 2.56 bits per heavy atom. The molecular weight excluding hydrogens is 452 g/mol. The van der Waals surface area contributed by atoms with Gasteiger partial charge in [-0.3, -0.25) is 13.7 Å². The lowest BCUT2D eigenvalue weighted by atomic mass is 10.00. The Morgan fingerprint density at radius 2 is 1.88 bits per heavy atom. The highest BCUT2D eigenvalue weighted by Crippen LogP contribution is 2.35. The van der Waals surface area contributed by atoms with Crippen LogP contribution in [0.25, 0.3) is 5.69 Å². The number of nitrogens with zero attached hydrogens (tertiary/aromatic N) is 4. The fourth-order valence-corrected chi connectivity index (χ4v) is 5.11. The molecule has 1 saturated carbocycles. The Kier molecular flexibility index (Phi) is 5.27. The molecule has 1 fully saturated rings. The monoisotopic (exact) mass is 472 g/mol. The smallest absolute Gasteiger partial charge is 0.270 e. The fourth-order valence-electron chi connectivity index (χ4n) is 3.76. The van der Waals surface area contributed by atoms with Crippen molar-refractivity contribution in [3.63, 3.8) is 0 Å². The number of methoxy groups -OCH3 is 1. The molecule has 1 atom stereocenters. The average molecular weight is 473 g/mol. The van der Waals surface area contributed by atoms with Crippen molar-refractivity contribution >= 4 is 27.4 Å². The van der Waals surface area contributed by atoms with E-state index in [0.717, 1.165) is 16.8 Å². The van der Waals surface area contributed by atoms with Gasteiger partial charge in [-0.05, 0) is 50.1 Å². The van der Waals surface area contributed by atoms with E-state index in [1.807, 2.05) is 41.8 Å². The van der Waals surface area contributed by atoms with Crippen molar-refractivity contribution in [3.05, 3.63) is 70.3 Å². The molecule has 1 aliphatic heterocycles. The van der Waals surface area contributed by atoms with Crippen molar-refractivity contribution in [1.82, 2.24) is 14.8 Å². The molecule has 5 rings (SSSR count). The standard InChI is InChI=1S/C22H21ClN4O4S/c1-13-25-26-22-19(12-31-32(28,29)17-8-9-17)24-21(14-3-5-15(23)6-4-14)18-11-16(30-2)7-10-20(18)27(13)22/h3-7,10-11,17,19H,8-9,12H2,1-2H3. The van der Waals surface area contributed by atoms with Crippen LogP contribution in [0.3, 0.4) is 0 Å². The molecule has 0 amide bonds. The first-order valence-corrected chi connectivity index (χ1v) is 12.0. The van der Waals surface area contributed by atoms with Gasteiger partial charge in [0.15, 0.2) is 5.82 Å². The predicted octanol–water partition coefficient (Wildman–Crippen LogP) is 3.64. The molecule has 32 heavy (non-hydrogen) atoms. The number of halogens is 1. The van der Waals surface area contributed by atoms with Crippen molar-refractivity contribution < 1.29 is 17.3 Å². The molecule has 1 aliphatic carbocycles. The van der Waals surface area contributed by atoms with Gasteiger partial charge >= 0.3 is 0 Å². The summed E-state index contributed by atoms with van der Waals surface area (Å²) in [6.45, 7) is 1.69. The fraction of sp³-hybridized carbons (Fsp3) is 0.318. The zero-order valence-corrected chi connectivity index (χ0v) is 19.1. The van der Waals surface area contributed by atoms with E-state index < -0.39 is 21.4 Å². The number of ether oxygens (including phenoxy) is 1. The molecule has 0 saturated heterocycles. The van der Waals surface area contributed by atoms with Crippen molar-refractivity contribution in [2.75, 3.05) is 13.7 Å². The van der Waals surface area contributed by atoms with Crippen molar-refractivity contribution in [1.29, 1.82) is 0 Å². The highest BCUT2D eigenvalue weighted by molar-refractivity contribution is 7.87. The summed E-state index contributed by atoms with van der Waals surface area (Å²) in [6.07, 6.45) is 1.26. The van der Waals surface area contributed by atoms with Crippen molar-refractivity contribution in [2.24, 2.45) is 4.99 Å². The van der Waals surface area contributed by atoms with Crippen LogP contribution in [-0.2, 0) is 14.3 Å². The molecule has 0 bridgehead atoms. The summed E-state index contributed by atoms with van der Waals surface area (Å²) >= 11 is 6.10. The second kappa shape index (κ2) is 7.99. The van der Waals surface area contributed by atoms with E-state index in [0.29, 0.717) is 41.0 Å². The average Bonchev–Trinajstić information content (AvgIpc) is 3.59. The van der Waals surface area contributed by atoms with Gasteiger partial charge in [-0.2, -0.15) is 8.42 Å². The largest absolute Gasteiger partial charge is 0.497 e. The van der Waals surface area contributed by atoms with E-state index in [1.165, 1.54) is 0 Å². The Labute approximate surface area is 191 Å². The number of aryl methyl sites for hydroxylation is 1. The second-order valence-corrected chi connectivity index (χ2v) is 10.1. The van der Waals surface area contributed by atoms with Crippen LogP contribution in [-0.4, -0.2) is 47.9 Å². The molecular formula is C22H21ClN4O4S. The summed E-state index contributed by atoms with van der Waals surface area (Å²) in [5, 5.41) is 8.73. The quantitative estimate of drug-likeness (QED) is 0.508.